The summed E-state index contributed by atoms with van der Waals surface area (Å²) in [5.41, 5.74) is -1.61. The van der Waals surface area contributed by atoms with Crippen molar-refractivity contribution in [3.63, 3.8) is 0 Å². The Morgan fingerprint density at radius 1 is 0.684 bits per heavy atom. The Kier molecular flexibility index (Phi) is 7.40. The largest absolute Gasteiger partial charge is 0.432 e. The van der Waals surface area contributed by atoms with E-state index in [4.69, 9.17) is 4.74 Å². The maximum atomic E-state index is 15.0. The first-order valence-electron chi connectivity index (χ1n) is 12.5. The first kappa shape index (κ1) is 26.5. The molecule has 0 N–H and O–H groups in total. The molecule has 0 amide bonds. The molecule has 2 nitrogen and oxygen atoms in total. The van der Waals surface area contributed by atoms with E-state index < -0.39 is 46.5 Å². The first-order valence-corrected chi connectivity index (χ1v) is 12.5. The van der Waals surface area contributed by atoms with Gasteiger partial charge in [-0.2, -0.15) is 8.78 Å². The van der Waals surface area contributed by atoms with Crippen molar-refractivity contribution in [2.24, 2.45) is 11.8 Å². The van der Waals surface area contributed by atoms with E-state index in [2.05, 4.69) is 4.74 Å². The number of alkyl halides is 2. The highest BCUT2D eigenvalue weighted by atomic mass is 19.3. The molecule has 1 saturated heterocycles. The predicted molar refractivity (Wildman–Crippen MR) is 126 cm³/mol. The van der Waals surface area contributed by atoms with Crippen LogP contribution in [0.3, 0.4) is 0 Å². The Hall–Kier alpha value is -3.07. The average molecular weight is 539 g/mol. The van der Waals surface area contributed by atoms with Crippen molar-refractivity contribution < 1.29 is 40.2 Å². The average Bonchev–Trinajstić information content (AvgIpc) is 3.40. The molecular formula is C29H25F7O2. The SMILES string of the molecule is Fc1ccc(OC(F)(F)c2c(F)cc(-c3ccc(C4CCC(C5CCCC5)CO4)cc3F)cc2F)cc1F. The summed E-state index contributed by atoms with van der Waals surface area (Å²) in [6.07, 6.45) is 1.81. The quantitative estimate of drug-likeness (QED) is 0.292. The summed E-state index contributed by atoms with van der Waals surface area (Å²) in [6, 6.07) is 6.87. The van der Waals surface area contributed by atoms with E-state index in [1.165, 1.54) is 37.8 Å². The van der Waals surface area contributed by atoms with Crippen molar-refractivity contribution in [3.8, 4) is 16.9 Å². The molecule has 3 aromatic rings. The van der Waals surface area contributed by atoms with Crippen molar-refractivity contribution in [2.45, 2.75) is 50.7 Å². The summed E-state index contributed by atoms with van der Waals surface area (Å²) in [7, 11) is 0. The molecular weight excluding hydrogens is 513 g/mol. The Balaban J connectivity index is 1.33. The summed E-state index contributed by atoms with van der Waals surface area (Å²) in [5.74, 6) is -6.59. The van der Waals surface area contributed by atoms with E-state index in [1.807, 2.05) is 0 Å². The van der Waals surface area contributed by atoms with Gasteiger partial charge in [0.15, 0.2) is 11.6 Å². The molecule has 2 aliphatic rings. The third-order valence-corrected chi connectivity index (χ3v) is 7.52. The monoisotopic (exact) mass is 538 g/mol. The van der Waals surface area contributed by atoms with Gasteiger partial charge in [-0.25, -0.2) is 22.0 Å². The molecule has 1 saturated carbocycles. The molecule has 0 spiro atoms. The van der Waals surface area contributed by atoms with Crippen molar-refractivity contribution in [3.05, 3.63) is 88.7 Å². The van der Waals surface area contributed by atoms with Gasteiger partial charge in [0.05, 0.1) is 12.7 Å². The smallest absolute Gasteiger partial charge is 0.429 e. The Labute approximate surface area is 215 Å². The molecule has 2 atom stereocenters. The lowest BCUT2D eigenvalue weighted by molar-refractivity contribution is -0.189. The van der Waals surface area contributed by atoms with Gasteiger partial charge in [-0.05, 0) is 66.1 Å². The van der Waals surface area contributed by atoms with Gasteiger partial charge in [0.25, 0.3) is 0 Å². The Bertz CT molecular complexity index is 1290. The second kappa shape index (κ2) is 10.6. The highest BCUT2D eigenvalue weighted by Crippen LogP contribution is 2.41. The molecule has 0 aromatic heterocycles. The maximum Gasteiger partial charge on any atom is 0.432 e. The van der Waals surface area contributed by atoms with Crippen LogP contribution in [0.1, 0.15) is 55.8 Å². The normalized spacial score (nSPS) is 20.6. The zero-order valence-corrected chi connectivity index (χ0v) is 20.3. The Morgan fingerprint density at radius 3 is 2.00 bits per heavy atom. The van der Waals surface area contributed by atoms with Crippen LogP contribution in [0.2, 0.25) is 0 Å². The topological polar surface area (TPSA) is 18.5 Å². The van der Waals surface area contributed by atoms with Crippen molar-refractivity contribution in [1.82, 2.24) is 0 Å². The second-order valence-electron chi connectivity index (χ2n) is 9.95. The lowest BCUT2D eigenvalue weighted by Gasteiger charge is -2.32. The Morgan fingerprint density at radius 2 is 1.39 bits per heavy atom. The summed E-state index contributed by atoms with van der Waals surface area (Å²) < 4.78 is 110. The van der Waals surface area contributed by atoms with Crippen LogP contribution in [0.5, 0.6) is 5.75 Å². The zero-order valence-electron chi connectivity index (χ0n) is 20.3. The lowest BCUT2D eigenvalue weighted by Crippen LogP contribution is -2.25. The van der Waals surface area contributed by atoms with Crippen LogP contribution < -0.4 is 4.74 Å². The van der Waals surface area contributed by atoms with Crippen molar-refractivity contribution in [1.29, 1.82) is 0 Å². The third kappa shape index (κ3) is 5.39. The van der Waals surface area contributed by atoms with Crippen LogP contribution in [-0.2, 0) is 10.8 Å². The van der Waals surface area contributed by atoms with E-state index in [0.717, 1.165) is 12.8 Å². The van der Waals surface area contributed by atoms with Crippen LogP contribution in [0.25, 0.3) is 11.1 Å². The van der Waals surface area contributed by atoms with Gasteiger partial charge in [-0.3, -0.25) is 0 Å². The van der Waals surface area contributed by atoms with Gasteiger partial charge in [0.1, 0.15) is 28.8 Å². The molecule has 202 valence electrons. The van der Waals surface area contributed by atoms with Crippen molar-refractivity contribution >= 4 is 0 Å². The highest BCUT2D eigenvalue weighted by Gasteiger charge is 2.41. The minimum Gasteiger partial charge on any atom is -0.429 e. The van der Waals surface area contributed by atoms with Gasteiger partial charge in [-0.1, -0.05) is 37.8 Å². The summed E-state index contributed by atoms with van der Waals surface area (Å²) in [6.45, 7) is 0.609. The van der Waals surface area contributed by atoms with E-state index in [-0.39, 0.29) is 17.2 Å². The van der Waals surface area contributed by atoms with E-state index in [0.29, 0.717) is 54.3 Å². The van der Waals surface area contributed by atoms with Crippen LogP contribution in [0.4, 0.5) is 30.7 Å². The molecule has 0 bridgehead atoms. The molecule has 1 aliphatic carbocycles. The van der Waals surface area contributed by atoms with Gasteiger partial charge in [0, 0.05) is 11.6 Å². The van der Waals surface area contributed by atoms with Crippen LogP contribution in [0, 0.1) is 40.9 Å². The van der Waals surface area contributed by atoms with Crippen LogP contribution in [-0.4, -0.2) is 6.61 Å². The summed E-state index contributed by atoms with van der Waals surface area (Å²) >= 11 is 0. The molecule has 2 unspecified atom stereocenters. The van der Waals surface area contributed by atoms with Gasteiger partial charge >= 0.3 is 6.11 Å². The van der Waals surface area contributed by atoms with E-state index in [1.54, 1.807) is 6.07 Å². The molecule has 1 heterocycles. The number of ether oxygens (including phenoxy) is 2. The second-order valence-corrected chi connectivity index (χ2v) is 9.95. The number of hydrogen-bond acceptors (Lipinski definition) is 2. The standard InChI is InChI=1S/C29H25F7O2/c30-22-9-7-20(14-24(22)32)38-29(35,36)28-25(33)12-19(13-26(28)34)21-8-5-17(11-23(21)31)27-10-6-18(15-37-27)16-3-1-2-4-16/h5,7-9,11-14,16,18,27H,1-4,6,10,15H2. The maximum absolute atomic E-state index is 15.0. The minimum absolute atomic E-state index is 0.178. The fourth-order valence-electron chi connectivity index (χ4n) is 5.55. The van der Waals surface area contributed by atoms with Crippen molar-refractivity contribution in [2.75, 3.05) is 6.61 Å². The van der Waals surface area contributed by atoms with Crippen LogP contribution >= 0.6 is 0 Å². The molecule has 3 aromatic carbocycles. The fraction of sp³-hybridized carbons (Fsp3) is 0.379. The zero-order chi connectivity index (χ0) is 27.0. The van der Waals surface area contributed by atoms with Gasteiger partial charge in [-0.15, -0.1) is 0 Å². The first-order chi connectivity index (χ1) is 18.1. The summed E-state index contributed by atoms with van der Waals surface area (Å²) in [4.78, 5) is 0. The number of hydrogen-bond donors (Lipinski definition) is 0. The number of rotatable bonds is 6. The highest BCUT2D eigenvalue weighted by molar-refractivity contribution is 5.65. The molecule has 9 heteroatoms. The number of benzene rings is 3. The fourth-order valence-corrected chi connectivity index (χ4v) is 5.55. The molecule has 2 fully saturated rings. The minimum atomic E-state index is -4.56. The number of halogens is 7. The van der Waals surface area contributed by atoms with Crippen LogP contribution in [0.15, 0.2) is 48.5 Å². The molecule has 1 aliphatic heterocycles. The van der Waals surface area contributed by atoms with Gasteiger partial charge in [0.2, 0.25) is 0 Å². The molecule has 38 heavy (non-hydrogen) atoms. The van der Waals surface area contributed by atoms with Gasteiger partial charge < -0.3 is 9.47 Å². The molecule has 5 rings (SSSR count). The van der Waals surface area contributed by atoms with E-state index >= 15 is 4.39 Å². The predicted octanol–water partition coefficient (Wildman–Crippen LogP) is 8.84. The molecule has 0 radical (unpaired) electrons. The van der Waals surface area contributed by atoms with E-state index in [9.17, 15) is 26.3 Å². The lowest BCUT2D eigenvalue weighted by atomic mass is 9.84. The third-order valence-electron chi connectivity index (χ3n) is 7.52. The summed E-state index contributed by atoms with van der Waals surface area (Å²) in [5, 5.41) is 0.